The molecule has 100 valence electrons. The van der Waals surface area contributed by atoms with E-state index in [1.165, 1.54) is 6.07 Å². The molecule has 2 aromatic heterocycles. The minimum atomic E-state index is -0.457. The summed E-state index contributed by atoms with van der Waals surface area (Å²) in [6.07, 6.45) is 3.41. The van der Waals surface area contributed by atoms with Gasteiger partial charge in [-0.3, -0.25) is 14.8 Å². The van der Waals surface area contributed by atoms with Crippen molar-refractivity contribution in [3.05, 3.63) is 40.3 Å². The van der Waals surface area contributed by atoms with Crippen LogP contribution in [0.4, 0.5) is 17.2 Å². The summed E-state index contributed by atoms with van der Waals surface area (Å²) in [7, 11) is 0. The fourth-order valence-electron chi connectivity index (χ4n) is 1.61. The molecule has 7 nitrogen and oxygen atoms in total. The molecule has 1 N–H and O–H groups in total. The Hall–Kier alpha value is -2.44. The highest BCUT2D eigenvalue weighted by Crippen LogP contribution is 2.25. The molecule has 0 radical (unpaired) electrons. The van der Waals surface area contributed by atoms with Gasteiger partial charge in [-0.25, -0.2) is 4.98 Å². The standard InChI is InChI=1S/C12H15N5O2/c1-8(2)16-7-10(6-13-16)15-12-11(17(18)19)5-4-9(3)14-12/h4-8H,1-3H3,(H,14,15). The zero-order valence-electron chi connectivity index (χ0n) is 11.0. The Kier molecular flexibility index (Phi) is 3.46. The lowest BCUT2D eigenvalue weighted by molar-refractivity contribution is -0.384. The van der Waals surface area contributed by atoms with Crippen molar-refractivity contribution in [2.24, 2.45) is 0 Å². The molecule has 0 unspecified atom stereocenters. The molecule has 0 aliphatic rings. The number of pyridine rings is 1. The Bertz CT molecular complexity index is 606. The second kappa shape index (κ2) is 5.05. The van der Waals surface area contributed by atoms with E-state index in [1.54, 1.807) is 30.1 Å². The van der Waals surface area contributed by atoms with Gasteiger partial charge in [0.05, 0.1) is 16.8 Å². The number of nitro groups is 1. The maximum atomic E-state index is 10.9. The molecule has 0 amide bonds. The summed E-state index contributed by atoms with van der Waals surface area (Å²) in [5, 5.41) is 18.0. The Morgan fingerprint density at radius 2 is 2.16 bits per heavy atom. The van der Waals surface area contributed by atoms with Crippen LogP contribution in [0, 0.1) is 17.0 Å². The summed E-state index contributed by atoms with van der Waals surface area (Å²) in [6, 6.07) is 3.29. The van der Waals surface area contributed by atoms with Crippen LogP contribution in [0.25, 0.3) is 0 Å². The number of hydrogen-bond donors (Lipinski definition) is 1. The Labute approximate surface area is 110 Å². The normalized spacial score (nSPS) is 10.7. The molecule has 0 aliphatic heterocycles. The molecule has 0 bridgehead atoms. The third-order valence-electron chi connectivity index (χ3n) is 2.60. The Balaban J connectivity index is 2.31. The number of aromatic nitrogens is 3. The predicted octanol–water partition coefficient (Wildman–Crippen LogP) is 2.82. The number of anilines is 2. The number of nitrogens with one attached hydrogen (secondary N) is 1. The number of hydrogen-bond acceptors (Lipinski definition) is 5. The number of aryl methyl sites for hydroxylation is 1. The van der Waals surface area contributed by atoms with Crippen LogP contribution >= 0.6 is 0 Å². The van der Waals surface area contributed by atoms with Crippen LogP contribution in [0.15, 0.2) is 24.5 Å². The van der Waals surface area contributed by atoms with E-state index in [4.69, 9.17) is 0 Å². The fourth-order valence-corrected chi connectivity index (χ4v) is 1.61. The summed E-state index contributed by atoms with van der Waals surface area (Å²) in [5.74, 6) is 0.230. The summed E-state index contributed by atoms with van der Waals surface area (Å²) in [5.41, 5.74) is 1.34. The topological polar surface area (TPSA) is 85.9 Å². The zero-order valence-corrected chi connectivity index (χ0v) is 11.0. The highest BCUT2D eigenvalue weighted by atomic mass is 16.6. The second-order valence-corrected chi connectivity index (χ2v) is 4.51. The minimum Gasteiger partial charge on any atom is -0.332 e. The van der Waals surface area contributed by atoms with Gasteiger partial charge in [0.25, 0.3) is 0 Å². The molecule has 2 aromatic rings. The van der Waals surface area contributed by atoms with Gasteiger partial charge in [0.1, 0.15) is 0 Å². The van der Waals surface area contributed by atoms with Crippen LogP contribution < -0.4 is 5.32 Å². The second-order valence-electron chi connectivity index (χ2n) is 4.51. The quantitative estimate of drug-likeness (QED) is 0.675. The fraction of sp³-hybridized carbons (Fsp3) is 0.333. The first-order valence-electron chi connectivity index (χ1n) is 5.90. The van der Waals surface area contributed by atoms with Gasteiger partial charge in [-0.2, -0.15) is 5.10 Å². The highest BCUT2D eigenvalue weighted by molar-refractivity contribution is 5.64. The van der Waals surface area contributed by atoms with Gasteiger partial charge < -0.3 is 5.32 Å². The van der Waals surface area contributed by atoms with Crippen molar-refractivity contribution < 1.29 is 4.92 Å². The smallest absolute Gasteiger partial charge is 0.311 e. The van der Waals surface area contributed by atoms with E-state index in [2.05, 4.69) is 15.4 Å². The first-order chi connectivity index (χ1) is 8.97. The molecule has 0 saturated carbocycles. The molecule has 0 aromatic carbocycles. The van der Waals surface area contributed by atoms with E-state index in [-0.39, 0.29) is 17.5 Å². The van der Waals surface area contributed by atoms with Crippen LogP contribution in [0.5, 0.6) is 0 Å². The van der Waals surface area contributed by atoms with E-state index < -0.39 is 4.92 Å². The van der Waals surface area contributed by atoms with Crippen molar-refractivity contribution >= 4 is 17.2 Å². The first-order valence-corrected chi connectivity index (χ1v) is 5.90. The lowest BCUT2D eigenvalue weighted by atomic mass is 10.3. The van der Waals surface area contributed by atoms with Crippen molar-refractivity contribution in [1.82, 2.24) is 14.8 Å². The molecule has 7 heteroatoms. The average Bonchev–Trinajstić information content (AvgIpc) is 2.77. The van der Waals surface area contributed by atoms with E-state index in [1.807, 2.05) is 13.8 Å². The van der Waals surface area contributed by atoms with E-state index in [0.717, 1.165) is 0 Å². The van der Waals surface area contributed by atoms with Crippen LogP contribution in [0.2, 0.25) is 0 Å². The van der Waals surface area contributed by atoms with Crippen molar-refractivity contribution in [2.75, 3.05) is 5.32 Å². The van der Waals surface area contributed by atoms with Crippen molar-refractivity contribution in [3.8, 4) is 0 Å². The van der Waals surface area contributed by atoms with Gasteiger partial charge in [-0.05, 0) is 26.8 Å². The molecule has 19 heavy (non-hydrogen) atoms. The first kappa shape index (κ1) is 13.0. The third-order valence-corrected chi connectivity index (χ3v) is 2.60. The molecule has 0 atom stereocenters. The Morgan fingerprint density at radius 1 is 1.42 bits per heavy atom. The molecule has 2 rings (SSSR count). The van der Waals surface area contributed by atoms with Crippen LogP contribution in [0.1, 0.15) is 25.6 Å². The van der Waals surface area contributed by atoms with Gasteiger partial charge in [0, 0.05) is 24.0 Å². The summed E-state index contributed by atoms with van der Waals surface area (Å²) in [4.78, 5) is 14.6. The van der Waals surface area contributed by atoms with Crippen molar-refractivity contribution in [2.45, 2.75) is 26.8 Å². The van der Waals surface area contributed by atoms with Crippen LogP contribution in [-0.2, 0) is 0 Å². The summed E-state index contributed by atoms with van der Waals surface area (Å²) >= 11 is 0. The summed E-state index contributed by atoms with van der Waals surface area (Å²) < 4.78 is 1.77. The van der Waals surface area contributed by atoms with Gasteiger partial charge in [0.15, 0.2) is 0 Å². The van der Waals surface area contributed by atoms with Gasteiger partial charge in [-0.15, -0.1) is 0 Å². The number of rotatable bonds is 4. The van der Waals surface area contributed by atoms with E-state index in [9.17, 15) is 10.1 Å². The maximum absolute atomic E-state index is 10.9. The lowest BCUT2D eigenvalue weighted by Gasteiger charge is -2.05. The van der Waals surface area contributed by atoms with Crippen LogP contribution in [-0.4, -0.2) is 19.7 Å². The maximum Gasteiger partial charge on any atom is 0.311 e. The predicted molar refractivity (Wildman–Crippen MR) is 71.5 cm³/mol. The third kappa shape index (κ3) is 2.87. The average molecular weight is 261 g/mol. The highest BCUT2D eigenvalue weighted by Gasteiger charge is 2.16. The largest absolute Gasteiger partial charge is 0.332 e. The molecular formula is C12H15N5O2. The lowest BCUT2D eigenvalue weighted by Crippen LogP contribution is -2.01. The molecule has 0 fully saturated rings. The van der Waals surface area contributed by atoms with E-state index >= 15 is 0 Å². The zero-order chi connectivity index (χ0) is 14.0. The van der Waals surface area contributed by atoms with Crippen molar-refractivity contribution in [1.29, 1.82) is 0 Å². The summed E-state index contributed by atoms with van der Waals surface area (Å²) in [6.45, 7) is 5.79. The molecule has 2 heterocycles. The monoisotopic (exact) mass is 261 g/mol. The molecule has 0 aliphatic carbocycles. The van der Waals surface area contributed by atoms with Crippen LogP contribution in [0.3, 0.4) is 0 Å². The molecule has 0 spiro atoms. The van der Waals surface area contributed by atoms with Gasteiger partial charge in [0.2, 0.25) is 5.82 Å². The number of nitrogens with zero attached hydrogens (tertiary/aromatic N) is 4. The minimum absolute atomic E-state index is 0.0529. The van der Waals surface area contributed by atoms with Gasteiger partial charge >= 0.3 is 5.69 Å². The van der Waals surface area contributed by atoms with E-state index in [0.29, 0.717) is 11.4 Å². The van der Waals surface area contributed by atoms with Crippen molar-refractivity contribution in [3.63, 3.8) is 0 Å². The SMILES string of the molecule is Cc1ccc([N+](=O)[O-])c(Nc2cnn(C(C)C)c2)n1. The Morgan fingerprint density at radius 3 is 2.74 bits per heavy atom. The molecule has 0 saturated heterocycles. The molecular weight excluding hydrogens is 246 g/mol. The van der Waals surface area contributed by atoms with Gasteiger partial charge in [-0.1, -0.05) is 0 Å².